The molecule has 0 saturated carbocycles. The predicted molar refractivity (Wildman–Crippen MR) is 103 cm³/mol. The maximum Gasteiger partial charge on any atom is 0.254 e. The molecule has 1 amide bonds. The first-order valence-electron chi connectivity index (χ1n) is 8.83. The van der Waals surface area contributed by atoms with Gasteiger partial charge in [-0.05, 0) is 13.3 Å². The van der Waals surface area contributed by atoms with Crippen LogP contribution >= 0.6 is 0 Å². The minimum Gasteiger partial charge on any atom is -0.362 e. The van der Waals surface area contributed by atoms with Gasteiger partial charge >= 0.3 is 0 Å². The Morgan fingerprint density at radius 3 is 2.59 bits per heavy atom. The number of carbonyl (C=O) groups excluding carboxylic acids is 1. The van der Waals surface area contributed by atoms with Crippen LogP contribution in [0.25, 0.3) is 0 Å². The Hall–Kier alpha value is -2.97. The summed E-state index contributed by atoms with van der Waals surface area (Å²) >= 11 is 0. The molecule has 2 aromatic rings. The van der Waals surface area contributed by atoms with Crippen molar-refractivity contribution >= 4 is 17.7 Å². The smallest absolute Gasteiger partial charge is 0.254 e. The Bertz CT molecular complexity index is 920. The Balaban J connectivity index is 1.84. The van der Waals surface area contributed by atoms with E-state index < -0.39 is 0 Å². The molecule has 0 radical (unpaired) electrons. The summed E-state index contributed by atoms with van der Waals surface area (Å²) in [5.74, 6) is 1.93. The summed E-state index contributed by atoms with van der Waals surface area (Å²) in [6.07, 6.45) is 2.19. The molecular formula is C18H25N7O2. The lowest BCUT2D eigenvalue weighted by Gasteiger charge is -2.31. The molecular weight excluding hydrogens is 346 g/mol. The van der Waals surface area contributed by atoms with E-state index in [2.05, 4.69) is 19.9 Å². The zero-order chi connectivity index (χ0) is 19.7. The Morgan fingerprint density at radius 2 is 1.96 bits per heavy atom. The Kier molecular flexibility index (Phi) is 5.11. The summed E-state index contributed by atoms with van der Waals surface area (Å²) in [4.78, 5) is 46.3. The van der Waals surface area contributed by atoms with E-state index in [0.29, 0.717) is 36.8 Å². The van der Waals surface area contributed by atoms with Crippen LogP contribution in [0.2, 0.25) is 0 Å². The molecule has 144 valence electrons. The lowest BCUT2D eigenvalue weighted by molar-refractivity contribution is -0.131. The third-order valence-corrected chi connectivity index (χ3v) is 4.55. The van der Waals surface area contributed by atoms with Crippen LogP contribution in [0.4, 0.5) is 11.8 Å². The number of carbonyl (C=O) groups is 1. The van der Waals surface area contributed by atoms with Crippen LogP contribution in [0.5, 0.6) is 0 Å². The SMILES string of the molecule is Cc1ncc(CC(=O)N2CCc3c(nc(N(C)C)nc3N(C)C)C2)c(=O)[nH]1. The maximum absolute atomic E-state index is 12.7. The molecule has 0 aliphatic carbocycles. The fraction of sp³-hybridized carbons (Fsp3) is 0.500. The van der Waals surface area contributed by atoms with E-state index in [1.165, 1.54) is 6.20 Å². The highest BCUT2D eigenvalue weighted by Crippen LogP contribution is 2.27. The number of hydrogen-bond donors (Lipinski definition) is 1. The summed E-state index contributed by atoms with van der Waals surface area (Å²) in [6.45, 7) is 2.70. The van der Waals surface area contributed by atoms with Crippen LogP contribution < -0.4 is 15.4 Å². The molecule has 1 N–H and O–H groups in total. The third kappa shape index (κ3) is 3.91. The second kappa shape index (κ2) is 7.34. The lowest BCUT2D eigenvalue weighted by atomic mass is 10.0. The number of H-pyrrole nitrogens is 1. The fourth-order valence-electron chi connectivity index (χ4n) is 3.09. The highest BCUT2D eigenvalue weighted by molar-refractivity contribution is 5.79. The number of anilines is 2. The predicted octanol–water partition coefficient (Wildman–Crippen LogP) is 0.128. The molecule has 9 nitrogen and oxygen atoms in total. The molecule has 0 aromatic carbocycles. The molecule has 1 aliphatic heterocycles. The van der Waals surface area contributed by atoms with E-state index in [4.69, 9.17) is 0 Å². The van der Waals surface area contributed by atoms with Gasteiger partial charge in [0.05, 0.1) is 18.7 Å². The van der Waals surface area contributed by atoms with Gasteiger partial charge in [0.1, 0.15) is 11.6 Å². The zero-order valence-electron chi connectivity index (χ0n) is 16.4. The van der Waals surface area contributed by atoms with Crippen molar-refractivity contribution in [3.05, 3.63) is 39.2 Å². The van der Waals surface area contributed by atoms with E-state index in [1.807, 2.05) is 38.0 Å². The number of aryl methyl sites for hydroxylation is 1. The van der Waals surface area contributed by atoms with Crippen LogP contribution in [-0.4, -0.2) is 65.5 Å². The highest BCUT2D eigenvalue weighted by atomic mass is 16.2. The summed E-state index contributed by atoms with van der Waals surface area (Å²) in [6, 6.07) is 0. The standard InChI is InChI=1S/C18H25N7O2/c1-11-19-9-12(17(27)20-11)8-15(26)25-7-6-13-14(10-25)21-18(24(4)5)22-16(13)23(2)3/h9H,6-8,10H2,1-5H3,(H,19,20,27). The lowest BCUT2D eigenvalue weighted by Crippen LogP contribution is -2.39. The summed E-state index contributed by atoms with van der Waals surface area (Å²) in [7, 11) is 7.69. The minimum atomic E-state index is -0.264. The topological polar surface area (TPSA) is 98.3 Å². The van der Waals surface area contributed by atoms with E-state index in [9.17, 15) is 9.59 Å². The second-order valence-corrected chi connectivity index (χ2v) is 7.13. The van der Waals surface area contributed by atoms with Gasteiger partial charge in [-0.3, -0.25) is 9.59 Å². The molecule has 3 heterocycles. The van der Waals surface area contributed by atoms with Crippen LogP contribution in [0.15, 0.2) is 11.0 Å². The number of aromatic nitrogens is 4. The van der Waals surface area contributed by atoms with Crippen molar-refractivity contribution < 1.29 is 4.79 Å². The number of amides is 1. The molecule has 0 fully saturated rings. The number of hydrogen-bond acceptors (Lipinski definition) is 7. The van der Waals surface area contributed by atoms with Gasteiger partial charge in [-0.25, -0.2) is 9.97 Å². The van der Waals surface area contributed by atoms with Crippen molar-refractivity contribution in [2.24, 2.45) is 0 Å². The third-order valence-electron chi connectivity index (χ3n) is 4.55. The van der Waals surface area contributed by atoms with Gasteiger partial charge in [-0.1, -0.05) is 0 Å². The average Bonchev–Trinajstić information content (AvgIpc) is 2.62. The summed E-state index contributed by atoms with van der Waals surface area (Å²) < 4.78 is 0. The first kappa shape index (κ1) is 18.8. The van der Waals surface area contributed by atoms with Crippen molar-refractivity contribution in [3.8, 4) is 0 Å². The van der Waals surface area contributed by atoms with E-state index in [0.717, 1.165) is 17.1 Å². The minimum absolute atomic E-state index is 0.0319. The fourth-order valence-corrected chi connectivity index (χ4v) is 3.09. The normalized spacial score (nSPS) is 13.3. The van der Waals surface area contributed by atoms with E-state index in [-0.39, 0.29) is 17.9 Å². The van der Waals surface area contributed by atoms with Crippen LogP contribution in [0, 0.1) is 6.92 Å². The highest BCUT2D eigenvalue weighted by Gasteiger charge is 2.26. The van der Waals surface area contributed by atoms with Crippen molar-refractivity contribution in [1.82, 2.24) is 24.8 Å². The molecule has 2 aromatic heterocycles. The van der Waals surface area contributed by atoms with Gasteiger partial charge in [0.15, 0.2) is 0 Å². The first-order valence-corrected chi connectivity index (χ1v) is 8.83. The molecule has 0 bridgehead atoms. The first-order chi connectivity index (χ1) is 12.8. The molecule has 1 aliphatic rings. The van der Waals surface area contributed by atoms with Crippen LogP contribution in [-0.2, 0) is 24.2 Å². The van der Waals surface area contributed by atoms with Gasteiger partial charge in [0.2, 0.25) is 11.9 Å². The van der Waals surface area contributed by atoms with Gasteiger partial charge in [0, 0.05) is 52.1 Å². The quantitative estimate of drug-likeness (QED) is 0.815. The Morgan fingerprint density at radius 1 is 1.22 bits per heavy atom. The number of aromatic amines is 1. The zero-order valence-corrected chi connectivity index (χ0v) is 16.4. The second-order valence-electron chi connectivity index (χ2n) is 7.13. The summed E-state index contributed by atoms with van der Waals surface area (Å²) in [5.41, 5.74) is 2.04. The van der Waals surface area contributed by atoms with Gasteiger partial charge in [-0.2, -0.15) is 4.98 Å². The van der Waals surface area contributed by atoms with Gasteiger partial charge in [-0.15, -0.1) is 0 Å². The van der Waals surface area contributed by atoms with Crippen molar-refractivity contribution in [2.75, 3.05) is 44.5 Å². The molecule has 3 rings (SSSR count). The molecule has 0 atom stereocenters. The largest absolute Gasteiger partial charge is 0.362 e. The van der Waals surface area contributed by atoms with Gasteiger partial charge in [0.25, 0.3) is 5.56 Å². The molecule has 0 unspecified atom stereocenters. The molecule has 27 heavy (non-hydrogen) atoms. The van der Waals surface area contributed by atoms with E-state index in [1.54, 1.807) is 11.8 Å². The Labute approximate surface area is 158 Å². The average molecular weight is 371 g/mol. The molecule has 0 spiro atoms. The van der Waals surface area contributed by atoms with Crippen molar-refractivity contribution in [2.45, 2.75) is 26.3 Å². The molecule has 0 saturated heterocycles. The van der Waals surface area contributed by atoms with Crippen molar-refractivity contribution in [1.29, 1.82) is 0 Å². The van der Waals surface area contributed by atoms with Gasteiger partial charge < -0.3 is 19.7 Å². The number of fused-ring (bicyclic) bond motifs is 1. The number of nitrogens with zero attached hydrogens (tertiary/aromatic N) is 6. The van der Waals surface area contributed by atoms with Crippen LogP contribution in [0.1, 0.15) is 22.6 Å². The van der Waals surface area contributed by atoms with E-state index >= 15 is 0 Å². The monoisotopic (exact) mass is 371 g/mol. The number of nitrogens with one attached hydrogen (secondary N) is 1. The summed E-state index contributed by atoms with van der Waals surface area (Å²) in [5, 5.41) is 0. The maximum atomic E-state index is 12.7. The van der Waals surface area contributed by atoms with Crippen LogP contribution in [0.3, 0.4) is 0 Å². The molecule has 9 heteroatoms. The number of rotatable bonds is 4. The van der Waals surface area contributed by atoms with Crippen molar-refractivity contribution in [3.63, 3.8) is 0 Å².